The maximum atomic E-state index is 12.3. The van der Waals surface area contributed by atoms with Gasteiger partial charge in [0.1, 0.15) is 6.61 Å². The van der Waals surface area contributed by atoms with Gasteiger partial charge in [0.25, 0.3) is 0 Å². The van der Waals surface area contributed by atoms with Crippen LogP contribution in [0.25, 0.3) is 11.1 Å². The number of hydrogen-bond donors (Lipinski definition) is 2. The lowest BCUT2D eigenvalue weighted by Gasteiger charge is -2.19. The average molecular weight is 365 g/mol. The predicted octanol–water partition coefficient (Wildman–Crippen LogP) is 4.02. The summed E-state index contributed by atoms with van der Waals surface area (Å²) in [4.78, 5) is 23.4. The van der Waals surface area contributed by atoms with Gasteiger partial charge in [-0.2, -0.15) is 0 Å². The van der Waals surface area contributed by atoms with E-state index in [1.165, 1.54) is 11.1 Å². The lowest BCUT2D eigenvalue weighted by atomic mass is 9.98. The summed E-state index contributed by atoms with van der Waals surface area (Å²) in [5.41, 5.74) is 4.67. The summed E-state index contributed by atoms with van der Waals surface area (Å²) < 4.78 is 5.52. The van der Waals surface area contributed by atoms with Crippen LogP contribution in [-0.4, -0.2) is 29.8 Å². The third-order valence-corrected chi connectivity index (χ3v) is 5.73. The molecule has 2 aliphatic carbocycles. The summed E-state index contributed by atoms with van der Waals surface area (Å²) in [6, 6.07) is 16.0. The molecule has 0 spiro atoms. The van der Waals surface area contributed by atoms with Gasteiger partial charge in [-0.25, -0.2) is 4.79 Å². The van der Waals surface area contributed by atoms with Crippen LogP contribution < -0.4 is 5.32 Å². The number of fused-ring (bicyclic) bond motifs is 3. The molecule has 3 atom stereocenters. The van der Waals surface area contributed by atoms with Gasteiger partial charge >= 0.3 is 12.1 Å². The SMILES string of the molecule is CC1CC1[C@H](CC(=O)O)NC(=O)OCC1c2ccccc2-c2ccccc21. The van der Waals surface area contributed by atoms with E-state index >= 15 is 0 Å². The molecule has 0 heterocycles. The van der Waals surface area contributed by atoms with Crippen molar-refractivity contribution in [1.29, 1.82) is 0 Å². The zero-order valence-corrected chi connectivity index (χ0v) is 15.2. The highest BCUT2D eigenvalue weighted by atomic mass is 16.5. The Bertz CT molecular complexity index is 833. The fourth-order valence-corrected chi connectivity index (χ4v) is 4.20. The zero-order chi connectivity index (χ0) is 19.0. The molecule has 0 aromatic heterocycles. The van der Waals surface area contributed by atoms with E-state index in [0.29, 0.717) is 5.92 Å². The molecule has 1 amide bonds. The number of hydrogen-bond acceptors (Lipinski definition) is 3. The third-order valence-electron chi connectivity index (χ3n) is 5.73. The number of aliphatic carboxylic acids is 1. The van der Waals surface area contributed by atoms with Gasteiger partial charge in [-0.15, -0.1) is 0 Å². The van der Waals surface area contributed by atoms with Crippen molar-refractivity contribution in [2.24, 2.45) is 11.8 Å². The van der Waals surface area contributed by atoms with Crippen LogP contribution in [0, 0.1) is 11.8 Å². The molecule has 2 aromatic rings. The lowest BCUT2D eigenvalue weighted by molar-refractivity contribution is -0.137. The second-order valence-corrected chi connectivity index (χ2v) is 7.55. The van der Waals surface area contributed by atoms with Crippen molar-refractivity contribution in [3.63, 3.8) is 0 Å². The van der Waals surface area contributed by atoms with Crippen molar-refractivity contribution in [2.75, 3.05) is 6.61 Å². The van der Waals surface area contributed by atoms with Gasteiger partial charge in [-0.05, 0) is 40.5 Å². The largest absolute Gasteiger partial charge is 0.481 e. The van der Waals surface area contributed by atoms with Crippen LogP contribution in [0.2, 0.25) is 0 Å². The van der Waals surface area contributed by atoms with E-state index in [2.05, 4.69) is 36.5 Å². The minimum Gasteiger partial charge on any atom is -0.481 e. The van der Waals surface area contributed by atoms with Crippen LogP contribution in [0.1, 0.15) is 36.8 Å². The highest BCUT2D eigenvalue weighted by molar-refractivity contribution is 5.79. The Morgan fingerprint density at radius 1 is 1.11 bits per heavy atom. The van der Waals surface area contributed by atoms with Crippen molar-refractivity contribution in [3.8, 4) is 11.1 Å². The Labute approximate surface area is 158 Å². The Morgan fingerprint density at radius 2 is 1.67 bits per heavy atom. The number of benzene rings is 2. The number of carbonyl (C=O) groups is 2. The van der Waals surface area contributed by atoms with Crippen LogP contribution in [0.4, 0.5) is 4.79 Å². The van der Waals surface area contributed by atoms with Crippen LogP contribution in [-0.2, 0) is 9.53 Å². The van der Waals surface area contributed by atoms with Gasteiger partial charge in [-0.1, -0.05) is 55.5 Å². The zero-order valence-electron chi connectivity index (χ0n) is 15.2. The maximum Gasteiger partial charge on any atom is 0.407 e. The molecule has 1 fully saturated rings. The second-order valence-electron chi connectivity index (χ2n) is 7.55. The Balaban J connectivity index is 1.44. The number of alkyl carbamates (subject to hydrolysis) is 1. The minimum absolute atomic E-state index is 0.000854. The Kier molecular flexibility index (Phi) is 4.60. The fourth-order valence-electron chi connectivity index (χ4n) is 4.20. The first-order valence-corrected chi connectivity index (χ1v) is 9.38. The first-order valence-electron chi connectivity index (χ1n) is 9.38. The maximum absolute atomic E-state index is 12.3. The van der Waals surface area contributed by atoms with Crippen LogP contribution in [0.15, 0.2) is 48.5 Å². The van der Waals surface area contributed by atoms with Gasteiger partial charge in [-0.3, -0.25) is 4.79 Å². The summed E-state index contributed by atoms with van der Waals surface area (Å²) in [5.74, 6) is -0.233. The minimum atomic E-state index is -0.905. The normalized spacial score (nSPS) is 21.1. The van der Waals surface area contributed by atoms with Crippen molar-refractivity contribution in [3.05, 3.63) is 59.7 Å². The molecule has 140 valence electrons. The van der Waals surface area contributed by atoms with E-state index in [9.17, 15) is 9.59 Å². The Hall–Kier alpha value is -2.82. The highest BCUT2D eigenvalue weighted by Crippen LogP contribution is 2.44. The summed E-state index contributed by atoms with van der Waals surface area (Å²) in [6.45, 7) is 2.30. The fraction of sp³-hybridized carbons (Fsp3) is 0.364. The quantitative estimate of drug-likeness (QED) is 0.811. The Morgan fingerprint density at radius 3 is 2.19 bits per heavy atom. The first kappa shape index (κ1) is 17.6. The number of ether oxygens (including phenoxy) is 1. The van der Waals surface area contributed by atoms with E-state index < -0.39 is 12.1 Å². The molecular weight excluding hydrogens is 342 g/mol. The molecule has 1 saturated carbocycles. The summed E-state index contributed by atoms with van der Waals surface area (Å²) in [6.07, 6.45) is 0.336. The standard InChI is InChI=1S/C22H23NO4/c1-13-10-18(13)20(11-21(24)25)23-22(26)27-12-19-16-8-4-2-6-14(16)15-7-3-5-9-17(15)19/h2-9,13,18-20H,10-12H2,1H3,(H,23,26)(H,24,25)/t13?,18?,20-/m0/s1. The number of carboxylic acid groups (broad SMARTS) is 1. The molecule has 5 nitrogen and oxygen atoms in total. The number of amides is 1. The topological polar surface area (TPSA) is 75.6 Å². The second kappa shape index (κ2) is 7.06. The van der Waals surface area contributed by atoms with Crippen molar-refractivity contribution in [2.45, 2.75) is 31.7 Å². The molecule has 5 heteroatoms. The molecule has 2 unspecified atom stereocenters. The molecule has 0 aliphatic heterocycles. The van der Waals surface area contributed by atoms with Crippen LogP contribution >= 0.6 is 0 Å². The molecule has 0 saturated heterocycles. The lowest BCUT2D eigenvalue weighted by Crippen LogP contribution is -2.39. The molecule has 2 aromatic carbocycles. The number of rotatable bonds is 6. The van der Waals surface area contributed by atoms with Gasteiger partial charge in [0.15, 0.2) is 0 Å². The van der Waals surface area contributed by atoms with Gasteiger partial charge in [0.2, 0.25) is 0 Å². The van der Waals surface area contributed by atoms with Gasteiger partial charge < -0.3 is 15.2 Å². The van der Waals surface area contributed by atoms with E-state index in [1.807, 2.05) is 24.3 Å². The van der Waals surface area contributed by atoms with E-state index in [4.69, 9.17) is 9.84 Å². The van der Waals surface area contributed by atoms with E-state index in [-0.39, 0.29) is 30.9 Å². The predicted molar refractivity (Wildman–Crippen MR) is 102 cm³/mol. The smallest absolute Gasteiger partial charge is 0.407 e. The molecule has 27 heavy (non-hydrogen) atoms. The highest BCUT2D eigenvalue weighted by Gasteiger charge is 2.41. The molecule has 4 rings (SSSR count). The number of carbonyl (C=O) groups excluding carboxylic acids is 1. The van der Waals surface area contributed by atoms with Crippen molar-refractivity contribution >= 4 is 12.1 Å². The summed E-state index contributed by atoms with van der Waals surface area (Å²) >= 11 is 0. The van der Waals surface area contributed by atoms with Crippen molar-refractivity contribution < 1.29 is 19.4 Å². The monoisotopic (exact) mass is 365 g/mol. The number of nitrogens with one attached hydrogen (secondary N) is 1. The molecule has 2 aliphatic rings. The van der Waals surface area contributed by atoms with Crippen molar-refractivity contribution in [1.82, 2.24) is 5.32 Å². The van der Waals surface area contributed by atoms with Gasteiger partial charge in [0, 0.05) is 12.0 Å². The molecule has 2 N–H and O–H groups in total. The first-order chi connectivity index (χ1) is 13.0. The average Bonchev–Trinajstić information content (AvgIpc) is 3.29. The third kappa shape index (κ3) is 3.54. The summed E-state index contributed by atoms with van der Waals surface area (Å²) in [7, 11) is 0. The summed E-state index contributed by atoms with van der Waals surface area (Å²) in [5, 5.41) is 11.9. The van der Waals surface area contributed by atoms with Crippen LogP contribution in [0.3, 0.4) is 0 Å². The molecule has 0 radical (unpaired) electrons. The number of carboxylic acids is 1. The van der Waals surface area contributed by atoms with E-state index in [0.717, 1.165) is 17.5 Å². The van der Waals surface area contributed by atoms with E-state index in [1.54, 1.807) is 0 Å². The van der Waals surface area contributed by atoms with Crippen LogP contribution in [0.5, 0.6) is 0 Å². The molecule has 0 bridgehead atoms. The van der Waals surface area contributed by atoms with Gasteiger partial charge in [0.05, 0.1) is 6.42 Å². The molecular formula is C22H23NO4.